The lowest BCUT2D eigenvalue weighted by Gasteiger charge is -2.15. The number of hydrogen-bond donors (Lipinski definition) is 0. The van der Waals surface area contributed by atoms with Crippen molar-refractivity contribution in [2.75, 3.05) is 0 Å². The minimum absolute atomic E-state index is 0.745. The fourth-order valence-electron chi connectivity index (χ4n) is 8.37. The zero-order valence-electron chi connectivity index (χ0n) is 27.1. The van der Waals surface area contributed by atoms with Crippen LogP contribution in [-0.2, 0) is 0 Å². The molecule has 0 amide bonds. The number of nitrogens with zero attached hydrogens (tertiary/aromatic N) is 3. The molecule has 5 nitrogen and oxygen atoms in total. The highest BCUT2D eigenvalue weighted by Crippen LogP contribution is 2.46. The normalized spacial score (nSPS) is 12.3. The van der Waals surface area contributed by atoms with Crippen molar-refractivity contribution in [3.63, 3.8) is 0 Å². The van der Waals surface area contributed by atoms with Gasteiger partial charge >= 0.3 is 0 Å². The molecule has 0 bridgehead atoms. The Morgan fingerprint density at radius 3 is 1.78 bits per heavy atom. The summed E-state index contributed by atoms with van der Waals surface area (Å²) in [5, 5.41) is 11.2. The van der Waals surface area contributed by atoms with E-state index in [2.05, 4.69) is 108 Å². The Kier molecular flexibility index (Phi) is 5.17. The van der Waals surface area contributed by atoms with Crippen molar-refractivity contribution in [1.29, 1.82) is 0 Å². The molecule has 0 aliphatic heterocycles. The summed E-state index contributed by atoms with van der Waals surface area (Å²) in [4.78, 5) is 10.9. The Morgan fingerprint density at radius 1 is 0.412 bits per heavy atom. The van der Waals surface area contributed by atoms with Gasteiger partial charge < -0.3 is 8.83 Å². The van der Waals surface area contributed by atoms with E-state index in [1.807, 2.05) is 48.5 Å². The van der Waals surface area contributed by atoms with Crippen molar-refractivity contribution in [3.05, 3.63) is 152 Å². The highest BCUT2D eigenvalue weighted by Gasteiger charge is 2.26. The molecular weight excluding hydrogens is 627 g/mol. The highest BCUT2D eigenvalue weighted by atomic mass is 16.3. The van der Waals surface area contributed by atoms with Gasteiger partial charge in [0.15, 0.2) is 5.82 Å². The van der Waals surface area contributed by atoms with Crippen LogP contribution in [-0.4, -0.2) is 14.5 Å². The van der Waals surface area contributed by atoms with Crippen LogP contribution in [0.4, 0.5) is 0 Å². The lowest BCUT2D eigenvalue weighted by molar-refractivity contribution is 0.669. The van der Waals surface area contributed by atoms with E-state index in [0.29, 0.717) is 0 Å². The van der Waals surface area contributed by atoms with Gasteiger partial charge in [-0.2, -0.15) is 0 Å². The Labute approximate surface area is 289 Å². The molecule has 51 heavy (non-hydrogen) atoms. The van der Waals surface area contributed by atoms with Gasteiger partial charge in [-0.05, 0) is 58.6 Å². The summed E-state index contributed by atoms with van der Waals surface area (Å²) >= 11 is 0. The van der Waals surface area contributed by atoms with Gasteiger partial charge in [-0.1, -0.05) is 109 Å². The van der Waals surface area contributed by atoms with Gasteiger partial charge in [0.05, 0.1) is 22.1 Å². The van der Waals surface area contributed by atoms with E-state index in [1.165, 1.54) is 16.2 Å². The van der Waals surface area contributed by atoms with Gasteiger partial charge in [0.1, 0.15) is 28.0 Å². The van der Waals surface area contributed by atoms with Gasteiger partial charge in [-0.25, -0.2) is 9.97 Å². The van der Waals surface area contributed by atoms with E-state index in [4.69, 9.17) is 18.8 Å². The number of rotatable bonds is 2. The Morgan fingerprint density at radius 2 is 1.00 bits per heavy atom. The molecule has 4 heterocycles. The van der Waals surface area contributed by atoms with E-state index >= 15 is 0 Å². The van der Waals surface area contributed by atoms with E-state index in [-0.39, 0.29) is 0 Å². The van der Waals surface area contributed by atoms with Crippen LogP contribution in [0.3, 0.4) is 0 Å². The van der Waals surface area contributed by atoms with Gasteiger partial charge in [-0.15, -0.1) is 0 Å². The molecule has 4 aromatic heterocycles. The molecule has 0 aliphatic rings. The monoisotopic (exact) mass is 651 g/mol. The molecule has 0 spiro atoms. The van der Waals surface area contributed by atoms with Crippen molar-refractivity contribution in [1.82, 2.24) is 14.5 Å². The predicted octanol–water partition coefficient (Wildman–Crippen LogP) is 12.5. The van der Waals surface area contributed by atoms with E-state index < -0.39 is 0 Å². The summed E-state index contributed by atoms with van der Waals surface area (Å²) in [6.07, 6.45) is 0. The van der Waals surface area contributed by atoms with Crippen LogP contribution in [0.25, 0.3) is 115 Å². The third-order valence-electron chi connectivity index (χ3n) is 10.6. The second kappa shape index (κ2) is 9.80. The summed E-state index contributed by atoms with van der Waals surface area (Å²) < 4.78 is 15.5. The minimum atomic E-state index is 0.745. The van der Waals surface area contributed by atoms with Crippen LogP contribution < -0.4 is 0 Å². The minimum Gasteiger partial charge on any atom is -0.456 e. The smallest absolute Gasteiger partial charge is 0.165 e. The fourth-order valence-corrected chi connectivity index (χ4v) is 8.37. The van der Waals surface area contributed by atoms with E-state index in [0.717, 1.165) is 99.2 Å². The predicted molar refractivity (Wildman–Crippen MR) is 209 cm³/mol. The van der Waals surface area contributed by atoms with Crippen LogP contribution in [0.15, 0.2) is 160 Å². The first-order valence-electron chi connectivity index (χ1n) is 17.2. The van der Waals surface area contributed by atoms with Crippen molar-refractivity contribution >= 4 is 98.3 Å². The van der Waals surface area contributed by atoms with Crippen molar-refractivity contribution in [2.24, 2.45) is 0 Å². The standard InChI is InChI=1S/C46H25N3O2/c1-3-16-30-26(12-1)27-13-2-4-17-31(27)44-42(30)35-25-41-34(29-15-6-9-22-39(29)50-41)24-38(35)49(44)46-43(47-36-20-7-8-21-37(36)48-46)33-19-11-18-32-28-14-5-10-23-40(28)51-45(32)33/h1-25H. The Bertz CT molecular complexity index is 3440. The maximum absolute atomic E-state index is 6.63. The van der Waals surface area contributed by atoms with E-state index in [1.54, 1.807) is 0 Å². The fraction of sp³-hybridized carbons (Fsp3) is 0. The van der Waals surface area contributed by atoms with Crippen molar-refractivity contribution < 1.29 is 8.83 Å². The number of hydrogen-bond acceptors (Lipinski definition) is 4. The average molecular weight is 652 g/mol. The molecule has 12 rings (SSSR count). The third kappa shape index (κ3) is 3.59. The average Bonchev–Trinajstić information content (AvgIpc) is 3.86. The summed E-state index contributed by atoms with van der Waals surface area (Å²) in [7, 11) is 0. The van der Waals surface area contributed by atoms with Crippen LogP contribution in [0.2, 0.25) is 0 Å². The molecule has 0 radical (unpaired) electrons. The van der Waals surface area contributed by atoms with E-state index in [9.17, 15) is 0 Å². The molecule has 0 aliphatic carbocycles. The number of benzene rings is 8. The zero-order valence-corrected chi connectivity index (χ0v) is 27.1. The maximum atomic E-state index is 6.63. The SMILES string of the molecule is c1ccc2nc(-n3c4cc5c(cc4c4c6ccccc6c6ccccc6c43)oc3ccccc35)c(-c3cccc4c3oc3ccccc34)nc2c1. The van der Waals surface area contributed by atoms with Gasteiger partial charge in [0.25, 0.3) is 0 Å². The molecule has 0 saturated heterocycles. The molecule has 5 heteroatoms. The first kappa shape index (κ1) is 26.9. The van der Waals surface area contributed by atoms with Gasteiger partial charge in [0, 0.05) is 43.3 Å². The Balaban J connectivity index is 1.34. The summed E-state index contributed by atoms with van der Waals surface area (Å²) in [5.74, 6) is 0.745. The van der Waals surface area contributed by atoms with Crippen molar-refractivity contribution in [2.45, 2.75) is 0 Å². The molecule has 0 N–H and O–H groups in total. The summed E-state index contributed by atoms with van der Waals surface area (Å²) in [6.45, 7) is 0. The van der Waals surface area contributed by atoms with Crippen LogP contribution in [0.5, 0.6) is 0 Å². The largest absolute Gasteiger partial charge is 0.456 e. The maximum Gasteiger partial charge on any atom is 0.165 e. The van der Waals surface area contributed by atoms with Crippen molar-refractivity contribution in [3.8, 4) is 17.1 Å². The van der Waals surface area contributed by atoms with Crippen LogP contribution in [0.1, 0.15) is 0 Å². The second-order valence-corrected chi connectivity index (χ2v) is 13.3. The number of aromatic nitrogens is 3. The molecule has 8 aromatic carbocycles. The molecule has 12 aromatic rings. The third-order valence-corrected chi connectivity index (χ3v) is 10.6. The molecule has 0 unspecified atom stereocenters. The molecule has 0 saturated carbocycles. The first-order valence-corrected chi connectivity index (χ1v) is 17.2. The quantitative estimate of drug-likeness (QED) is 0.175. The lowest BCUT2D eigenvalue weighted by atomic mass is 9.96. The summed E-state index contributed by atoms with van der Waals surface area (Å²) in [6, 6.07) is 52.8. The lowest BCUT2D eigenvalue weighted by Crippen LogP contribution is -2.04. The first-order chi connectivity index (χ1) is 25.3. The topological polar surface area (TPSA) is 57.0 Å². The van der Waals surface area contributed by atoms with Gasteiger partial charge in [0.2, 0.25) is 0 Å². The summed E-state index contributed by atoms with van der Waals surface area (Å²) in [5.41, 5.74) is 8.78. The van der Waals surface area contributed by atoms with Gasteiger partial charge in [-0.3, -0.25) is 4.57 Å². The number of para-hydroxylation sites is 5. The molecule has 0 fully saturated rings. The van der Waals surface area contributed by atoms with Crippen LogP contribution in [0, 0.1) is 0 Å². The highest BCUT2D eigenvalue weighted by molar-refractivity contribution is 6.33. The molecule has 0 atom stereocenters. The molecule has 236 valence electrons. The Hall–Kier alpha value is -6.98. The number of furan rings is 2. The number of fused-ring (bicyclic) bond motifs is 15. The van der Waals surface area contributed by atoms with Crippen LogP contribution >= 0.6 is 0 Å². The molecular formula is C46H25N3O2. The zero-order chi connectivity index (χ0) is 33.2. The second-order valence-electron chi connectivity index (χ2n) is 13.3.